The zero-order valence-corrected chi connectivity index (χ0v) is 7.11. The molecule has 0 aromatic carbocycles. The predicted molar refractivity (Wildman–Crippen MR) is 46.7 cm³/mol. The maximum atomic E-state index is 11.0. The van der Waals surface area contributed by atoms with E-state index in [1.165, 1.54) is 6.07 Å². The van der Waals surface area contributed by atoms with Gasteiger partial charge in [0.1, 0.15) is 11.5 Å². The van der Waals surface area contributed by atoms with Gasteiger partial charge in [-0.1, -0.05) is 12.1 Å². The molecule has 0 fully saturated rings. The van der Waals surface area contributed by atoms with Crippen molar-refractivity contribution >= 4 is 5.84 Å². The first kappa shape index (κ1) is 9.24. The van der Waals surface area contributed by atoms with Gasteiger partial charge < -0.3 is 15.9 Å². The number of hydrogen-bond donors (Lipinski definition) is 3. The molecule has 6 heteroatoms. The van der Waals surface area contributed by atoms with Crippen molar-refractivity contribution in [3.8, 4) is 0 Å². The Bertz CT molecular complexity index is 382. The van der Waals surface area contributed by atoms with Crippen molar-refractivity contribution < 1.29 is 5.21 Å². The van der Waals surface area contributed by atoms with Crippen LogP contribution in [0.4, 0.5) is 0 Å². The van der Waals surface area contributed by atoms with E-state index in [1.54, 1.807) is 0 Å². The number of nitrogens with zero attached hydrogens (tertiary/aromatic N) is 2. The van der Waals surface area contributed by atoms with Gasteiger partial charge in [-0.2, -0.15) is 0 Å². The second-order valence-corrected chi connectivity index (χ2v) is 2.42. The number of rotatable bonds is 2. The van der Waals surface area contributed by atoms with Crippen LogP contribution in [0.5, 0.6) is 0 Å². The lowest BCUT2D eigenvalue weighted by Gasteiger charge is -1.99. The van der Waals surface area contributed by atoms with Crippen LogP contribution in [-0.4, -0.2) is 21.0 Å². The Hall–Kier alpha value is -1.85. The average Bonchev–Trinajstić information content (AvgIpc) is 2.15. The SMILES string of the molecule is CCc1nc(/C(N)=N/O)cc(=O)[nH]1. The third kappa shape index (κ3) is 2.05. The fourth-order valence-corrected chi connectivity index (χ4v) is 0.858. The van der Waals surface area contributed by atoms with Gasteiger partial charge in [0, 0.05) is 12.5 Å². The fraction of sp³-hybridized carbons (Fsp3) is 0.286. The molecule has 0 radical (unpaired) electrons. The maximum Gasteiger partial charge on any atom is 0.251 e. The Balaban J connectivity index is 3.24. The van der Waals surface area contributed by atoms with Crippen LogP contribution in [0.1, 0.15) is 18.4 Å². The summed E-state index contributed by atoms with van der Waals surface area (Å²) in [6.07, 6.45) is 0.585. The number of amidine groups is 1. The minimum Gasteiger partial charge on any atom is -0.409 e. The first-order valence-corrected chi connectivity index (χ1v) is 3.75. The van der Waals surface area contributed by atoms with E-state index in [9.17, 15) is 4.79 Å². The summed E-state index contributed by atoms with van der Waals surface area (Å²) in [5.74, 6) is 0.343. The third-order valence-electron chi connectivity index (χ3n) is 1.50. The number of aromatic amines is 1. The molecule has 0 unspecified atom stereocenters. The molecule has 1 aromatic rings. The molecule has 0 spiro atoms. The smallest absolute Gasteiger partial charge is 0.251 e. The highest BCUT2D eigenvalue weighted by molar-refractivity contribution is 5.94. The van der Waals surface area contributed by atoms with Gasteiger partial charge in [-0.25, -0.2) is 4.98 Å². The zero-order chi connectivity index (χ0) is 9.84. The van der Waals surface area contributed by atoms with Crippen LogP contribution in [0.2, 0.25) is 0 Å². The van der Waals surface area contributed by atoms with Crippen molar-refractivity contribution in [1.29, 1.82) is 0 Å². The molecule has 0 saturated heterocycles. The normalized spacial score (nSPS) is 11.6. The van der Waals surface area contributed by atoms with Gasteiger partial charge in [0.05, 0.1) is 0 Å². The van der Waals surface area contributed by atoms with Crippen LogP contribution in [0.25, 0.3) is 0 Å². The molecule has 70 valence electrons. The number of oxime groups is 1. The number of aryl methyl sites for hydroxylation is 1. The summed E-state index contributed by atoms with van der Waals surface area (Å²) < 4.78 is 0. The number of nitrogens with one attached hydrogen (secondary N) is 1. The summed E-state index contributed by atoms with van der Waals surface area (Å²) in [6.45, 7) is 1.84. The first-order valence-electron chi connectivity index (χ1n) is 3.75. The summed E-state index contributed by atoms with van der Waals surface area (Å²) >= 11 is 0. The molecular formula is C7H10N4O2. The quantitative estimate of drug-likeness (QED) is 0.246. The molecule has 0 aliphatic rings. The van der Waals surface area contributed by atoms with Crippen molar-refractivity contribution in [3.05, 3.63) is 27.9 Å². The molecule has 1 rings (SSSR count). The lowest BCUT2D eigenvalue weighted by Crippen LogP contribution is -2.21. The molecule has 13 heavy (non-hydrogen) atoms. The summed E-state index contributed by atoms with van der Waals surface area (Å²) in [5, 5.41) is 11.1. The van der Waals surface area contributed by atoms with Crippen molar-refractivity contribution in [2.75, 3.05) is 0 Å². The fourth-order valence-electron chi connectivity index (χ4n) is 0.858. The molecule has 1 aromatic heterocycles. The van der Waals surface area contributed by atoms with E-state index in [0.717, 1.165) is 0 Å². The Morgan fingerprint density at radius 2 is 2.54 bits per heavy atom. The predicted octanol–water partition coefficient (Wildman–Crippen LogP) is -0.573. The summed E-state index contributed by atoms with van der Waals surface area (Å²) in [6, 6.07) is 1.17. The topological polar surface area (TPSA) is 104 Å². The van der Waals surface area contributed by atoms with E-state index in [-0.39, 0.29) is 17.1 Å². The van der Waals surface area contributed by atoms with Gasteiger partial charge in [-0.05, 0) is 0 Å². The van der Waals surface area contributed by atoms with Crippen LogP contribution in [0.15, 0.2) is 16.0 Å². The monoisotopic (exact) mass is 182 g/mol. The van der Waals surface area contributed by atoms with Crippen LogP contribution >= 0.6 is 0 Å². The molecule has 0 aliphatic carbocycles. The Kier molecular flexibility index (Phi) is 2.63. The lowest BCUT2D eigenvalue weighted by atomic mass is 10.3. The van der Waals surface area contributed by atoms with Gasteiger partial charge in [0.15, 0.2) is 5.84 Å². The highest BCUT2D eigenvalue weighted by Crippen LogP contribution is 1.92. The standard InChI is InChI=1S/C7H10N4O2/c1-2-5-9-4(7(8)11-13)3-6(12)10-5/h3,13H,2H2,1H3,(H2,8,11)(H,9,10,12). The second kappa shape index (κ2) is 3.70. The Morgan fingerprint density at radius 3 is 3.08 bits per heavy atom. The van der Waals surface area contributed by atoms with E-state index in [0.29, 0.717) is 12.2 Å². The molecular weight excluding hydrogens is 172 g/mol. The molecule has 0 atom stereocenters. The molecule has 0 aliphatic heterocycles. The van der Waals surface area contributed by atoms with Crippen LogP contribution in [-0.2, 0) is 6.42 Å². The maximum absolute atomic E-state index is 11.0. The molecule has 0 saturated carbocycles. The summed E-state index contributed by atoms with van der Waals surface area (Å²) in [4.78, 5) is 17.5. The van der Waals surface area contributed by atoms with Crippen LogP contribution in [0, 0.1) is 0 Å². The lowest BCUT2D eigenvalue weighted by molar-refractivity contribution is 0.318. The Morgan fingerprint density at radius 1 is 1.85 bits per heavy atom. The number of hydrogen-bond acceptors (Lipinski definition) is 4. The van der Waals surface area contributed by atoms with Crippen LogP contribution < -0.4 is 11.3 Å². The van der Waals surface area contributed by atoms with Crippen molar-refractivity contribution in [1.82, 2.24) is 9.97 Å². The summed E-state index contributed by atoms with van der Waals surface area (Å²) in [7, 11) is 0. The number of aromatic nitrogens is 2. The van der Waals surface area contributed by atoms with Gasteiger partial charge >= 0.3 is 0 Å². The average molecular weight is 182 g/mol. The molecule has 6 nitrogen and oxygen atoms in total. The molecule has 0 amide bonds. The highest BCUT2D eigenvalue weighted by atomic mass is 16.4. The van der Waals surface area contributed by atoms with Gasteiger partial charge in [0.25, 0.3) is 5.56 Å². The van der Waals surface area contributed by atoms with Crippen molar-refractivity contribution in [2.24, 2.45) is 10.9 Å². The minimum absolute atomic E-state index is 0.166. The molecule has 0 bridgehead atoms. The van der Waals surface area contributed by atoms with Crippen molar-refractivity contribution in [3.63, 3.8) is 0 Å². The van der Waals surface area contributed by atoms with E-state index in [4.69, 9.17) is 10.9 Å². The van der Waals surface area contributed by atoms with Crippen molar-refractivity contribution in [2.45, 2.75) is 13.3 Å². The number of nitrogens with two attached hydrogens (primary N) is 1. The van der Waals surface area contributed by atoms with Gasteiger partial charge in [-0.3, -0.25) is 4.79 Å². The second-order valence-electron chi connectivity index (χ2n) is 2.42. The molecule has 1 heterocycles. The minimum atomic E-state index is -0.312. The van der Waals surface area contributed by atoms with Gasteiger partial charge in [-0.15, -0.1) is 0 Å². The number of H-pyrrole nitrogens is 1. The van der Waals surface area contributed by atoms with Gasteiger partial charge in [0.2, 0.25) is 0 Å². The van der Waals surface area contributed by atoms with Crippen LogP contribution in [0.3, 0.4) is 0 Å². The largest absolute Gasteiger partial charge is 0.409 e. The Labute approximate surface area is 74.1 Å². The molecule has 4 N–H and O–H groups in total. The van der Waals surface area contributed by atoms with E-state index in [1.807, 2.05) is 6.92 Å². The summed E-state index contributed by atoms with van der Waals surface area (Å²) in [5.41, 5.74) is 5.14. The van der Waals surface area contributed by atoms with E-state index >= 15 is 0 Å². The highest BCUT2D eigenvalue weighted by Gasteiger charge is 2.03. The van der Waals surface area contributed by atoms with E-state index < -0.39 is 0 Å². The third-order valence-corrected chi connectivity index (χ3v) is 1.50. The zero-order valence-electron chi connectivity index (χ0n) is 7.11. The van der Waals surface area contributed by atoms with E-state index in [2.05, 4.69) is 15.1 Å². The first-order chi connectivity index (χ1) is 6.17.